The summed E-state index contributed by atoms with van der Waals surface area (Å²) in [5.41, 5.74) is 0. The highest BCUT2D eigenvalue weighted by Crippen LogP contribution is 2.28. The highest BCUT2D eigenvalue weighted by atomic mass is 15.2. The summed E-state index contributed by atoms with van der Waals surface area (Å²) in [4.78, 5) is 2.68. The van der Waals surface area contributed by atoms with E-state index in [0.717, 1.165) is 18.0 Å². The first-order chi connectivity index (χ1) is 7.22. The molecule has 2 heteroatoms. The Labute approximate surface area is 94.4 Å². The molecule has 2 aliphatic heterocycles. The van der Waals surface area contributed by atoms with E-state index in [4.69, 9.17) is 0 Å². The quantitative estimate of drug-likeness (QED) is 0.765. The van der Waals surface area contributed by atoms with E-state index in [1.807, 2.05) is 0 Å². The lowest BCUT2D eigenvalue weighted by atomic mass is 9.98. The fraction of sp³-hybridized carbons (Fsp3) is 1.00. The van der Waals surface area contributed by atoms with Gasteiger partial charge in [-0.3, -0.25) is 4.90 Å². The van der Waals surface area contributed by atoms with Crippen LogP contribution in [0.3, 0.4) is 0 Å². The summed E-state index contributed by atoms with van der Waals surface area (Å²) in [6.07, 6.45) is 5.49. The van der Waals surface area contributed by atoms with Crippen LogP contribution in [0, 0.1) is 5.92 Å². The van der Waals surface area contributed by atoms with Gasteiger partial charge in [-0.05, 0) is 38.6 Å². The monoisotopic (exact) mass is 210 g/mol. The third kappa shape index (κ3) is 2.36. The van der Waals surface area contributed by atoms with Gasteiger partial charge in [0.05, 0.1) is 0 Å². The molecule has 0 aliphatic carbocycles. The van der Waals surface area contributed by atoms with Gasteiger partial charge in [-0.2, -0.15) is 0 Å². The van der Waals surface area contributed by atoms with E-state index in [2.05, 4.69) is 31.0 Å². The summed E-state index contributed by atoms with van der Waals surface area (Å²) < 4.78 is 0. The molecule has 2 rings (SSSR count). The van der Waals surface area contributed by atoms with Crippen LogP contribution in [-0.2, 0) is 0 Å². The van der Waals surface area contributed by atoms with Crippen molar-refractivity contribution < 1.29 is 0 Å². The average molecular weight is 210 g/mol. The van der Waals surface area contributed by atoms with Crippen molar-refractivity contribution in [3.8, 4) is 0 Å². The van der Waals surface area contributed by atoms with Gasteiger partial charge >= 0.3 is 0 Å². The molecule has 0 bridgehead atoms. The van der Waals surface area contributed by atoms with Crippen LogP contribution >= 0.6 is 0 Å². The van der Waals surface area contributed by atoms with Crippen molar-refractivity contribution in [3.63, 3.8) is 0 Å². The summed E-state index contributed by atoms with van der Waals surface area (Å²) in [6, 6.07) is 2.31. The van der Waals surface area contributed by atoms with Crippen LogP contribution in [0.25, 0.3) is 0 Å². The summed E-state index contributed by atoms with van der Waals surface area (Å²) >= 11 is 0. The first-order valence-corrected chi connectivity index (χ1v) is 6.72. The highest BCUT2D eigenvalue weighted by molar-refractivity contribution is 4.96. The van der Waals surface area contributed by atoms with E-state index in [9.17, 15) is 0 Å². The topological polar surface area (TPSA) is 15.3 Å². The number of hydrogen-bond acceptors (Lipinski definition) is 2. The Morgan fingerprint density at radius 2 is 2.07 bits per heavy atom. The van der Waals surface area contributed by atoms with Crippen LogP contribution in [0.15, 0.2) is 0 Å². The maximum Gasteiger partial charge on any atom is 0.0250 e. The second kappa shape index (κ2) is 4.84. The summed E-state index contributed by atoms with van der Waals surface area (Å²) in [5.74, 6) is 0.806. The Hall–Kier alpha value is -0.0800. The molecule has 0 radical (unpaired) electrons. The lowest BCUT2D eigenvalue weighted by Crippen LogP contribution is -2.45. The van der Waals surface area contributed by atoms with Crippen LogP contribution in [0.4, 0.5) is 0 Å². The van der Waals surface area contributed by atoms with Gasteiger partial charge in [0, 0.05) is 24.7 Å². The van der Waals surface area contributed by atoms with Gasteiger partial charge in [0.15, 0.2) is 0 Å². The normalized spacial score (nSPS) is 35.4. The van der Waals surface area contributed by atoms with Crippen molar-refractivity contribution in [2.24, 2.45) is 5.92 Å². The number of nitrogens with zero attached hydrogens (tertiary/aromatic N) is 1. The van der Waals surface area contributed by atoms with E-state index in [0.29, 0.717) is 6.04 Å². The third-order valence-electron chi connectivity index (χ3n) is 4.58. The zero-order valence-electron chi connectivity index (χ0n) is 10.5. The van der Waals surface area contributed by atoms with Gasteiger partial charge in [-0.1, -0.05) is 20.3 Å². The Morgan fingerprint density at radius 1 is 1.27 bits per heavy atom. The van der Waals surface area contributed by atoms with Crippen LogP contribution < -0.4 is 5.32 Å². The smallest absolute Gasteiger partial charge is 0.0250 e. The van der Waals surface area contributed by atoms with E-state index in [1.54, 1.807) is 0 Å². The van der Waals surface area contributed by atoms with Gasteiger partial charge in [-0.25, -0.2) is 0 Å². The third-order valence-corrected chi connectivity index (χ3v) is 4.58. The van der Waals surface area contributed by atoms with Crippen molar-refractivity contribution in [1.29, 1.82) is 0 Å². The van der Waals surface area contributed by atoms with Crippen LogP contribution in [0.1, 0.15) is 46.5 Å². The molecule has 0 saturated carbocycles. The largest absolute Gasteiger partial charge is 0.310 e. The molecule has 0 amide bonds. The molecular formula is C13H26N2. The molecule has 2 nitrogen and oxygen atoms in total. The number of rotatable bonds is 4. The van der Waals surface area contributed by atoms with Crippen molar-refractivity contribution in [3.05, 3.63) is 0 Å². The maximum absolute atomic E-state index is 3.86. The molecule has 1 N–H and O–H groups in total. The van der Waals surface area contributed by atoms with Gasteiger partial charge in [0.25, 0.3) is 0 Å². The summed E-state index contributed by atoms with van der Waals surface area (Å²) in [5, 5.41) is 3.86. The van der Waals surface area contributed by atoms with Gasteiger partial charge in [0.2, 0.25) is 0 Å². The molecule has 2 heterocycles. The summed E-state index contributed by atoms with van der Waals surface area (Å²) in [6.45, 7) is 9.68. The van der Waals surface area contributed by atoms with E-state index >= 15 is 0 Å². The minimum Gasteiger partial charge on any atom is -0.310 e. The molecule has 4 unspecified atom stereocenters. The number of fused-ring (bicyclic) bond motifs is 1. The van der Waals surface area contributed by atoms with Crippen molar-refractivity contribution >= 4 is 0 Å². The molecule has 2 aliphatic rings. The van der Waals surface area contributed by atoms with Crippen molar-refractivity contribution in [2.45, 2.75) is 64.6 Å². The zero-order valence-corrected chi connectivity index (χ0v) is 10.5. The Morgan fingerprint density at radius 3 is 2.80 bits per heavy atom. The van der Waals surface area contributed by atoms with Crippen LogP contribution in [0.5, 0.6) is 0 Å². The number of nitrogens with one attached hydrogen (secondary N) is 1. The molecule has 0 aromatic carbocycles. The lowest BCUT2D eigenvalue weighted by molar-refractivity contribution is 0.273. The van der Waals surface area contributed by atoms with Crippen LogP contribution in [0.2, 0.25) is 0 Å². The Kier molecular flexibility index (Phi) is 3.68. The predicted molar refractivity (Wildman–Crippen MR) is 65.1 cm³/mol. The minimum atomic E-state index is 0.681. The second-order valence-electron chi connectivity index (χ2n) is 5.48. The molecule has 0 spiro atoms. The lowest BCUT2D eigenvalue weighted by Gasteiger charge is -2.28. The van der Waals surface area contributed by atoms with E-state index in [-0.39, 0.29) is 0 Å². The minimum absolute atomic E-state index is 0.681. The molecule has 4 atom stereocenters. The molecule has 0 aromatic rings. The highest BCUT2D eigenvalue weighted by Gasteiger charge is 2.37. The van der Waals surface area contributed by atoms with Crippen molar-refractivity contribution in [2.75, 3.05) is 13.1 Å². The standard InChI is InChI=1S/C13H26N2/c1-4-10(2)11(3)14-12-7-9-15-8-5-6-13(12)15/h10-14H,4-9H2,1-3H3. The second-order valence-corrected chi connectivity index (χ2v) is 5.48. The average Bonchev–Trinajstić information content (AvgIpc) is 2.81. The summed E-state index contributed by atoms with van der Waals surface area (Å²) in [7, 11) is 0. The molecule has 15 heavy (non-hydrogen) atoms. The molecule has 88 valence electrons. The zero-order chi connectivity index (χ0) is 10.8. The molecule has 2 fully saturated rings. The Balaban J connectivity index is 1.84. The molecule has 0 aromatic heterocycles. The predicted octanol–water partition coefficient (Wildman–Crippen LogP) is 2.25. The fourth-order valence-electron chi connectivity index (χ4n) is 3.13. The molecule has 2 saturated heterocycles. The van der Waals surface area contributed by atoms with E-state index in [1.165, 1.54) is 38.8 Å². The van der Waals surface area contributed by atoms with Crippen LogP contribution in [-0.4, -0.2) is 36.1 Å². The fourth-order valence-corrected chi connectivity index (χ4v) is 3.13. The van der Waals surface area contributed by atoms with E-state index < -0.39 is 0 Å². The Bertz CT molecular complexity index is 205. The van der Waals surface area contributed by atoms with Crippen molar-refractivity contribution in [1.82, 2.24) is 10.2 Å². The van der Waals surface area contributed by atoms with Gasteiger partial charge in [0.1, 0.15) is 0 Å². The number of hydrogen-bond donors (Lipinski definition) is 1. The first-order valence-electron chi connectivity index (χ1n) is 6.72. The van der Waals surface area contributed by atoms with Gasteiger partial charge in [-0.15, -0.1) is 0 Å². The molecular weight excluding hydrogens is 184 g/mol. The SMILES string of the molecule is CCC(C)C(C)NC1CCN2CCCC12. The maximum atomic E-state index is 3.86. The van der Waals surface area contributed by atoms with Gasteiger partial charge < -0.3 is 5.32 Å². The first kappa shape index (κ1) is 11.4.